The Labute approximate surface area is 246 Å². The number of alkyl halides is 1. The normalized spacial score (nSPS) is 13.4. The molecular weight excluding hydrogens is 615 g/mol. The third-order valence-corrected chi connectivity index (χ3v) is 8.90. The molecule has 0 radical (unpaired) electrons. The number of aromatic nitrogens is 1. The highest BCUT2D eigenvalue weighted by Gasteiger charge is 2.23. The van der Waals surface area contributed by atoms with E-state index in [-0.39, 0.29) is 34.8 Å². The lowest BCUT2D eigenvalue weighted by molar-refractivity contribution is -0.141. The second-order valence-corrected chi connectivity index (χ2v) is 13.0. The molecule has 0 saturated heterocycles. The summed E-state index contributed by atoms with van der Waals surface area (Å²) < 4.78 is 59.0. The van der Waals surface area contributed by atoms with E-state index in [0.717, 1.165) is 16.3 Å². The summed E-state index contributed by atoms with van der Waals surface area (Å²) >= 11 is 0.884. The smallest absolute Gasteiger partial charge is 0.327 e. The first kappa shape index (κ1) is 32.7. The van der Waals surface area contributed by atoms with E-state index in [9.17, 15) is 31.7 Å². The Morgan fingerprint density at radius 2 is 1.95 bits per heavy atom. The Kier molecular flexibility index (Phi) is 11.6. The highest BCUT2D eigenvalue weighted by atomic mass is 32.2. The third kappa shape index (κ3) is 10.2. The van der Waals surface area contributed by atoms with Gasteiger partial charge in [-0.15, -0.1) is 11.3 Å². The molecule has 3 rings (SSSR count). The van der Waals surface area contributed by atoms with Crippen LogP contribution in [0.2, 0.25) is 0 Å². The summed E-state index contributed by atoms with van der Waals surface area (Å²) in [7, 11) is -5.60. The Bertz CT molecular complexity index is 1580. The second kappa shape index (κ2) is 14.9. The van der Waals surface area contributed by atoms with Gasteiger partial charge in [0.25, 0.3) is 10.0 Å². The maximum absolute atomic E-state index is 12.6. The van der Waals surface area contributed by atoms with Crippen LogP contribution in [-0.2, 0) is 36.2 Å². The van der Waals surface area contributed by atoms with Crippen LogP contribution in [0.1, 0.15) is 5.56 Å². The Morgan fingerprint density at radius 3 is 2.64 bits per heavy atom. The zero-order chi connectivity index (χ0) is 30.9. The van der Waals surface area contributed by atoms with E-state index in [1.807, 2.05) is 0 Å². The quantitative estimate of drug-likeness (QED) is 0.104. The number of hydrazine groups is 1. The molecule has 0 spiro atoms. The van der Waals surface area contributed by atoms with Gasteiger partial charge in [-0.1, -0.05) is 12.1 Å². The monoisotopic (exact) mass is 644 g/mol. The zero-order valence-corrected chi connectivity index (χ0v) is 24.4. The minimum absolute atomic E-state index is 0.00201. The van der Waals surface area contributed by atoms with Crippen molar-refractivity contribution in [1.82, 2.24) is 15.3 Å². The fourth-order valence-electron chi connectivity index (χ4n) is 3.45. The fraction of sp³-hybridized carbons (Fsp3) is 0.292. The average molecular weight is 645 g/mol. The molecule has 2 aromatic carbocycles. The number of ether oxygens (including phenoxy) is 2. The Balaban J connectivity index is 1.50. The van der Waals surface area contributed by atoms with Crippen LogP contribution < -0.4 is 31.5 Å². The van der Waals surface area contributed by atoms with E-state index in [1.165, 1.54) is 6.20 Å². The van der Waals surface area contributed by atoms with Gasteiger partial charge in [0.1, 0.15) is 44.0 Å². The van der Waals surface area contributed by atoms with Gasteiger partial charge in [0.05, 0.1) is 21.7 Å². The first-order chi connectivity index (χ1) is 19.8. The van der Waals surface area contributed by atoms with E-state index < -0.39 is 52.0 Å². The highest BCUT2D eigenvalue weighted by Crippen LogP contribution is 2.28. The van der Waals surface area contributed by atoms with Gasteiger partial charge >= 0.3 is 5.97 Å². The van der Waals surface area contributed by atoms with Crippen LogP contribution in [0.3, 0.4) is 0 Å². The van der Waals surface area contributed by atoms with Gasteiger partial charge in [0.2, 0.25) is 10.2 Å². The summed E-state index contributed by atoms with van der Waals surface area (Å²) in [6.45, 7) is -1.39. The first-order valence-electron chi connectivity index (χ1n) is 12.0. The number of carbonyl (C=O) groups is 2. The number of halogens is 1. The lowest BCUT2D eigenvalue weighted by atomic mass is 10.2. The standard InChI is InChI=1S/C24H29FN6O8S3/c25-6-7-38-17-3-1-2-15(8-17)13-41(35)14-20(23(33)34)29-22(32)11-31(27)10-16(26)12-39-18-4-5-19-21(9-18)40-24(30-19)42(28,36)37/h1-5,8-10,20H,6-7,11-14,26-27H2,(H,29,32)(H,33,34)(H2,28,36,37)/b16-10-/t20-,41?/m1/s1. The van der Waals surface area contributed by atoms with Crippen LogP contribution >= 0.6 is 11.3 Å². The van der Waals surface area contributed by atoms with Gasteiger partial charge in [0, 0.05) is 22.8 Å². The molecule has 8 N–H and O–H groups in total. The molecule has 1 amide bonds. The molecule has 1 aromatic heterocycles. The summed E-state index contributed by atoms with van der Waals surface area (Å²) in [4.78, 5) is 28.0. The van der Waals surface area contributed by atoms with Gasteiger partial charge in [-0.05, 0) is 35.9 Å². The number of carboxylic acids is 1. The van der Waals surface area contributed by atoms with E-state index in [4.69, 9.17) is 26.2 Å². The molecule has 0 aliphatic carbocycles. The van der Waals surface area contributed by atoms with E-state index >= 15 is 0 Å². The number of nitrogens with one attached hydrogen (secondary N) is 1. The van der Waals surface area contributed by atoms with Gasteiger partial charge < -0.3 is 30.6 Å². The number of amides is 1. The fourth-order valence-corrected chi connectivity index (χ4v) is 6.40. The summed E-state index contributed by atoms with van der Waals surface area (Å²) in [5, 5.41) is 17.8. The topological polar surface area (TPSA) is 230 Å². The Morgan fingerprint density at radius 1 is 1.21 bits per heavy atom. The molecule has 14 nitrogen and oxygen atoms in total. The zero-order valence-electron chi connectivity index (χ0n) is 22.0. The summed E-state index contributed by atoms with van der Waals surface area (Å²) in [6.07, 6.45) is 1.22. The number of thiazole rings is 1. The molecule has 3 aromatic rings. The molecule has 0 fully saturated rings. The summed E-state index contributed by atoms with van der Waals surface area (Å²) in [5.41, 5.74) is 7.05. The van der Waals surface area contributed by atoms with Gasteiger partial charge in [-0.3, -0.25) is 9.00 Å². The number of aliphatic carboxylic acids is 1. The highest BCUT2D eigenvalue weighted by molar-refractivity contribution is 7.91. The van der Waals surface area contributed by atoms with Crippen molar-refractivity contribution in [2.24, 2.45) is 16.7 Å². The van der Waals surface area contributed by atoms with Crippen molar-refractivity contribution in [2.75, 3.05) is 32.2 Å². The predicted octanol–water partition coefficient (Wildman–Crippen LogP) is 0.165. The number of fused-ring (bicyclic) bond motifs is 1. The molecule has 1 heterocycles. The van der Waals surface area contributed by atoms with Crippen LogP contribution in [0.4, 0.5) is 4.39 Å². The number of sulfonamides is 1. The van der Waals surface area contributed by atoms with Crippen LogP contribution in [0.15, 0.2) is 58.7 Å². The van der Waals surface area contributed by atoms with Gasteiger partial charge in [-0.25, -0.2) is 33.6 Å². The minimum Gasteiger partial charge on any atom is -0.491 e. The lowest BCUT2D eigenvalue weighted by Gasteiger charge is -2.18. The molecule has 1 unspecified atom stereocenters. The molecular formula is C24H29FN6O8S3. The molecule has 0 bridgehead atoms. The van der Waals surface area contributed by atoms with Crippen LogP contribution in [0, 0.1) is 0 Å². The molecule has 18 heteroatoms. The van der Waals surface area contributed by atoms with Crippen molar-refractivity contribution in [1.29, 1.82) is 0 Å². The predicted molar refractivity (Wildman–Crippen MR) is 154 cm³/mol. The lowest BCUT2D eigenvalue weighted by Crippen LogP contribution is -2.48. The van der Waals surface area contributed by atoms with Gasteiger partial charge in [0.15, 0.2) is 0 Å². The van der Waals surface area contributed by atoms with E-state index in [0.29, 0.717) is 27.3 Å². The van der Waals surface area contributed by atoms with Crippen molar-refractivity contribution in [3.63, 3.8) is 0 Å². The maximum Gasteiger partial charge on any atom is 0.327 e. The molecule has 0 aliphatic rings. The second-order valence-electron chi connectivity index (χ2n) is 8.71. The number of nitrogens with two attached hydrogens (primary N) is 3. The molecule has 0 aliphatic heterocycles. The molecule has 228 valence electrons. The number of rotatable bonds is 16. The minimum atomic E-state index is -3.94. The largest absolute Gasteiger partial charge is 0.491 e. The average Bonchev–Trinajstić information content (AvgIpc) is 3.35. The van der Waals surface area contributed by atoms with Crippen LogP contribution in [0.5, 0.6) is 11.5 Å². The molecule has 42 heavy (non-hydrogen) atoms. The number of benzene rings is 2. The van der Waals surface area contributed by atoms with Crippen LogP contribution in [0.25, 0.3) is 10.2 Å². The van der Waals surface area contributed by atoms with Crippen molar-refractivity contribution < 1.29 is 41.2 Å². The van der Waals surface area contributed by atoms with Crippen molar-refractivity contribution >= 4 is 54.3 Å². The Hall–Kier alpha value is -3.84. The number of hydrogen-bond acceptors (Lipinski definition) is 12. The van der Waals surface area contributed by atoms with Gasteiger partial charge in [-0.2, -0.15) is 0 Å². The SMILES string of the molecule is N/C(=C\N(N)CC(=O)N[C@H](CS(=O)Cc1cccc(OCCF)c1)C(=O)O)COc1ccc2nc(S(N)(=O)=O)sc2c1. The summed E-state index contributed by atoms with van der Waals surface area (Å²) in [5.74, 6) is 4.07. The number of carboxylic acid groups (broad SMARTS) is 1. The maximum atomic E-state index is 12.6. The summed E-state index contributed by atoms with van der Waals surface area (Å²) in [6, 6.07) is 9.74. The molecule has 2 atom stereocenters. The van der Waals surface area contributed by atoms with Crippen molar-refractivity contribution in [2.45, 2.75) is 16.1 Å². The number of nitrogens with zero attached hydrogens (tertiary/aromatic N) is 2. The first-order valence-corrected chi connectivity index (χ1v) is 15.9. The number of primary sulfonamides is 1. The molecule has 0 saturated carbocycles. The van der Waals surface area contributed by atoms with Crippen molar-refractivity contribution in [3.8, 4) is 11.5 Å². The van der Waals surface area contributed by atoms with Crippen molar-refractivity contribution in [3.05, 3.63) is 59.9 Å². The van der Waals surface area contributed by atoms with E-state index in [2.05, 4.69) is 10.3 Å². The van der Waals surface area contributed by atoms with E-state index in [1.54, 1.807) is 42.5 Å². The third-order valence-electron chi connectivity index (χ3n) is 5.20. The number of hydrogen-bond donors (Lipinski definition) is 5. The van der Waals surface area contributed by atoms with Crippen LogP contribution in [-0.4, -0.2) is 77.8 Å². The number of carbonyl (C=O) groups excluding carboxylic acids is 1.